The molecule has 2 aromatic carbocycles. The number of rotatable bonds is 3. The molecule has 0 aliphatic carbocycles. The molecule has 1 N–H and O–H groups in total. The summed E-state index contributed by atoms with van der Waals surface area (Å²) in [5.41, 5.74) is -0.163. The number of hydrogen-bond acceptors (Lipinski definition) is 2. The molecule has 0 radical (unpaired) electrons. The molecule has 1 aliphatic heterocycles. The summed E-state index contributed by atoms with van der Waals surface area (Å²) in [5, 5.41) is 3.18. The zero-order valence-electron chi connectivity index (χ0n) is 14.7. The number of ether oxygens (including phenoxy) is 1. The van der Waals surface area contributed by atoms with Gasteiger partial charge in [0.15, 0.2) is 0 Å². The Kier molecular flexibility index (Phi) is 5.49. The molecule has 1 heterocycles. The molecule has 0 atom stereocenters. The Labute approximate surface area is 160 Å². The van der Waals surface area contributed by atoms with Gasteiger partial charge in [-0.3, -0.25) is 4.79 Å². The van der Waals surface area contributed by atoms with E-state index in [4.69, 9.17) is 16.3 Å². The van der Waals surface area contributed by atoms with Crippen molar-refractivity contribution in [2.45, 2.75) is 31.4 Å². The summed E-state index contributed by atoms with van der Waals surface area (Å²) < 4.78 is 44.8. The van der Waals surface area contributed by atoms with Gasteiger partial charge >= 0.3 is 6.18 Å². The molecule has 7 heteroatoms. The normalized spacial score (nSPS) is 16.8. The van der Waals surface area contributed by atoms with E-state index in [1.165, 1.54) is 6.07 Å². The van der Waals surface area contributed by atoms with Gasteiger partial charge in [0, 0.05) is 13.2 Å². The summed E-state index contributed by atoms with van der Waals surface area (Å²) in [6, 6.07) is 10.2. The van der Waals surface area contributed by atoms with E-state index in [1.807, 2.05) is 13.0 Å². The van der Waals surface area contributed by atoms with Crippen molar-refractivity contribution in [3.8, 4) is 0 Å². The average Bonchev–Trinajstić information content (AvgIpc) is 2.64. The van der Waals surface area contributed by atoms with E-state index in [9.17, 15) is 18.0 Å². The standard InChI is InChI=1S/C20H19ClF3NO2/c1-13-5-6-17(16(21)11-13)25-18(26)19(7-9-27-10-8-19)14-3-2-4-15(12-14)20(22,23)24/h2-6,11-12H,7-10H2,1H3,(H,25,26). The largest absolute Gasteiger partial charge is 0.416 e. The SMILES string of the molecule is Cc1ccc(NC(=O)C2(c3cccc(C(F)(F)F)c3)CCOCC2)c(Cl)c1. The number of benzene rings is 2. The molecule has 0 aromatic heterocycles. The Morgan fingerprint density at radius 3 is 2.48 bits per heavy atom. The summed E-state index contributed by atoms with van der Waals surface area (Å²) in [6.45, 7) is 2.47. The van der Waals surface area contributed by atoms with Gasteiger partial charge in [-0.25, -0.2) is 0 Å². The van der Waals surface area contributed by atoms with Crippen molar-refractivity contribution in [3.05, 3.63) is 64.2 Å². The van der Waals surface area contributed by atoms with Crippen LogP contribution in [0.2, 0.25) is 5.02 Å². The number of aryl methyl sites for hydroxylation is 1. The van der Waals surface area contributed by atoms with Gasteiger partial charge in [0.05, 0.1) is 21.7 Å². The second kappa shape index (κ2) is 7.52. The highest BCUT2D eigenvalue weighted by atomic mass is 35.5. The number of nitrogens with one attached hydrogen (secondary N) is 1. The molecule has 0 saturated carbocycles. The van der Waals surface area contributed by atoms with E-state index in [0.717, 1.165) is 17.7 Å². The fraction of sp³-hybridized carbons (Fsp3) is 0.350. The van der Waals surface area contributed by atoms with Gasteiger partial charge in [-0.2, -0.15) is 13.2 Å². The Morgan fingerprint density at radius 1 is 1.15 bits per heavy atom. The van der Waals surface area contributed by atoms with Gasteiger partial charge in [-0.05, 0) is 49.1 Å². The maximum atomic E-state index is 13.2. The molecular formula is C20H19ClF3NO2. The molecule has 3 rings (SSSR count). The van der Waals surface area contributed by atoms with Crippen LogP contribution in [0.4, 0.5) is 18.9 Å². The number of hydrogen-bond donors (Lipinski definition) is 1. The predicted octanol–water partition coefficient (Wildman–Crippen LogP) is 5.35. The first kappa shape index (κ1) is 19.7. The Bertz CT molecular complexity index is 845. The molecule has 0 bridgehead atoms. The predicted molar refractivity (Wildman–Crippen MR) is 98.0 cm³/mol. The summed E-state index contributed by atoms with van der Waals surface area (Å²) >= 11 is 6.20. The smallest absolute Gasteiger partial charge is 0.381 e. The minimum Gasteiger partial charge on any atom is -0.381 e. The van der Waals surface area contributed by atoms with Gasteiger partial charge in [-0.1, -0.05) is 35.9 Å². The fourth-order valence-electron chi connectivity index (χ4n) is 3.32. The monoisotopic (exact) mass is 397 g/mol. The van der Waals surface area contributed by atoms with Gasteiger partial charge in [-0.15, -0.1) is 0 Å². The van der Waals surface area contributed by atoms with Crippen LogP contribution in [0.5, 0.6) is 0 Å². The maximum absolute atomic E-state index is 13.2. The van der Waals surface area contributed by atoms with Crippen molar-refractivity contribution in [2.24, 2.45) is 0 Å². The molecule has 1 saturated heterocycles. The zero-order valence-corrected chi connectivity index (χ0v) is 15.5. The lowest BCUT2D eigenvalue weighted by Gasteiger charge is -2.36. The highest BCUT2D eigenvalue weighted by molar-refractivity contribution is 6.33. The Balaban J connectivity index is 1.99. The first-order valence-corrected chi connectivity index (χ1v) is 8.93. The lowest BCUT2D eigenvalue weighted by Crippen LogP contribution is -2.45. The van der Waals surface area contributed by atoms with Crippen LogP contribution in [0.1, 0.15) is 29.5 Å². The Hall–Kier alpha value is -2.05. The second-order valence-electron chi connectivity index (χ2n) is 6.71. The number of carbonyl (C=O) groups excluding carboxylic acids is 1. The van der Waals surface area contributed by atoms with Crippen molar-refractivity contribution in [1.82, 2.24) is 0 Å². The summed E-state index contributed by atoms with van der Waals surface area (Å²) in [6.07, 6.45) is -3.88. The molecule has 1 amide bonds. The molecule has 0 unspecified atom stereocenters. The number of carbonyl (C=O) groups is 1. The number of halogens is 4. The Morgan fingerprint density at radius 2 is 1.85 bits per heavy atom. The number of alkyl halides is 3. The quantitative estimate of drug-likeness (QED) is 0.757. The van der Waals surface area contributed by atoms with E-state index >= 15 is 0 Å². The van der Waals surface area contributed by atoms with Crippen molar-refractivity contribution in [1.29, 1.82) is 0 Å². The van der Waals surface area contributed by atoms with Crippen LogP contribution in [0.3, 0.4) is 0 Å². The zero-order chi connectivity index (χ0) is 19.7. The highest BCUT2D eigenvalue weighted by Gasteiger charge is 2.43. The third kappa shape index (κ3) is 4.12. The van der Waals surface area contributed by atoms with Crippen molar-refractivity contribution >= 4 is 23.2 Å². The first-order chi connectivity index (χ1) is 12.7. The van der Waals surface area contributed by atoms with Crippen molar-refractivity contribution in [3.63, 3.8) is 0 Å². The first-order valence-electron chi connectivity index (χ1n) is 8.55. The molecule has 144 valence electrons. The van der Waals surface area contributed by atoms with Crippen LogP contribution in [0, 0.1) is 6.92 Å². The van der Waals surface area contributed by atoms with Crippen LogP contribution < -0.4 is 5.32 Å². The van der Waals surface area contributed by atoms with E-state index in [2.05, 4.69) is 5.32 Å². The van der Waals surface area contributed by atoms with Crippen LogP contribution in [0.25, 0.3) is 0 Å². The van der Waals surface area contributed by atoms with E-state index in [-0.39, 0.29) is 5.91 Å². The van der Waals surface area contributed by atoms with E-state index < -0.39 is 17.2 Å². The van der Waals surface area contributed by atoms with Crippen LogP contribution >= 0.6 is 11.6 Å². The van der Waals surface area contributed by atoms with Gasteiger partial charge in [0.2, 0.25) is 5.91 Å². The lowest BCUT2D eigenvalue weighted by molar-refractivity contribution is -0.138. The summed E-state index contributed by atoms with van der Waals surface area (Å²) in [4.78, 5) is 13.2. The number of anilines is 1. The minimum absolute atomic E-state index is 0.295. The van der Waals surface area contributed by atoms with Crippen molar-refractivity contribution in [2.75, 3.05) is 18.5 Å². The van der Waals surface area contributed by atoms with Crippen LogP contribution in [0.15, 0.2) is 42.5 Å². The fourth-order valence-corrected chi connectivity index (χ4v) is 3.61. The topological polar surface area (TPSA) is 38.3 Å². The van der Waals surface area contributed by atoms with E-state index in [1.54, 1.807) is 18.2 Å². The highest BCUT2D eigenvalue weighted by Crippen LogP contribution is 2.39. The molecule has 1 aliphatic rings. The third-order valence-electron chi connectivity index (χ3n) is 4.90. The molecule has 2 aromatic rings. The molecule has 3 nitrogen and oxygen atoms in total. The van der Waals surface area contributed by atoms with Gasteiger partial charge < -0.3 is 10.1 Å². The maximum Gasteiger partial charge on any atom is 0.416 e. The van der Waals surface area contributed by atoms with Crippen LogP contribution in [-0.4, -0.2) is 19.1 Å². The number of amides is 1. The van der Waals surface area contributed by atoms with Gasteiger partial charge in [0.25, 0.3) is 0 Å². The average molecular weight is 398 g/mol. The van der Waals surface area contributed by atoms with Gasteiger partial charge in [0.1, 0.15) is 0 Å². The molecule has 0 spiro atoms. The minimum atomic E-state index is -4.47. The van der Waals surface area contributed by atoms with E-state index in [0.29, 0.717) is 42.3 Å². The molecule has 1 fully saturated rings. The molecule has 27 heavy (non-hydrogen) atoms. The van der Waals surface area contributed by atoms with Crippen LogP contribution in [-0.2, 0) is 21.1 Å². The third-order valence-corrected chi connectivity index (χ3v) is 5.21. The molecular weight excluding hydrogens is 379 g/mol. The van der Waals surface area contributed by atoms with Crippen molar-refractivity contribution < 1.29 is 22.7 Å². The second-order valence-corrected chi connectivity index (χ2v) is 7.12. The lowest BCUT2D eigenvalue weighted by atomic mass is 9.73. The summed E-state index contributed by atoms with van der Waals surface area (Å²) in [7, 11) is 0. The summed E-state index contributed by atoms with van der Waals surface area (Å²) in [5.74, 6) is -0.379.